The van der Waals surface area contributed by atoms with Crippen molar-refractivity contribution in [3.8, 4) is 17.4 Å². The molecular formula is C21H13N5O4. The van der Waals surface area contributed by atoms with Crippen molar-refractivity contribution in [3.63, 3.8) is 0 Å². The Labute approximate surface area is 168 Å². The Bertz CT molecular complexity index is 1470. The second-order valence-corrected chi connectivity index (χ2v) is 6.49. The Morgan fingerprint density at radius 3 is 2.53 bits per heavy atom. The van der Waals surface area contributed by atoms with Crippen LogP contribution in [0.15, 0.2) is 77.7 Å². The summed E-state index contributed by atoms with van der Waals surface area (Å²) in [6.07, 6.45) is 1.41. The molecule has 2 aromatic heterocycles. The first-order valence-corrected chi connectivity index (χ1v) is 8.99. The van der Waals surface area contributed by atoms with E-state index in [1.54, 1.807) is 30.3 Å². The summed E-state index contributed by atoms with van der Waals surface area (Å²) >= 11 is 0. The third kappa shape index (κ3) is 2.85. The number of fused-ring (bicyclic) bond motifs is 2. The van der Waals surface area contributed by atoms with Crippen LogP contribution in [0, 0.1) is 10.1 Å². The zero-order valence-corrected chi connectivity index (χ0v) is 15.4. The second-order valence-electron chi connectivity index (χ2n) is 6.49. The summed E-state index contributed by atoms with van der Waals surface area (Å²) in [5, 5.41) is 17.4. The number of aromatic amines is 1. The number of aromatic nitrogens is 4. The molecule has 0 spiro atoms. The minimum atomic E-state index is -0.511. The van der Waals surface area contributed by atoms with Crippen LogP contribution in [0.1, 0.15) is 0 Å². The molecule has 9 nitrogen and oxygen atoms in total. The second kappa shape index (κ2) is 6.82. The van der Waals surface area contributed by atoms with Crippen LogP contribution in [0.5, 0.6) is 11.8 Å². The summed E-state index contributed by atoms with van der Waals surface area (Å²) in [6, 6.07) is 19.1. The fourth-order valence-corrected chi connectivity index (χ4v) is 3.31. The van der Waals surface area contributed by atoms with E-state index in [0.29, 0.717) is 16.5 Å². The van der Waals surface area contributed by atoms with E-state index in [-0.39, 0.29) is 28.5 Å². The topological polar surface area (TPSA) is 116 Å². The van der Waals surface area contributed by atoms with Crippen molar-refractivity contribution < 1.29 is 9.66 Å². The van der Waals surface area contributed by atoms with Crippen LogP contribution in [0.25, 0.3) is 27.5 Å². The van der Waals surface area contributed by atoms with Crippen LogP contribution < -0.4 is 10.3 Å². The van der Waals surface area contributed by atoms with Gasteiger partial charge in [0.15, 0.2) is 5.65 Å². The van der Waals surface area contributed by atoms with Crippen molar-refractivity contribution in [3.05, 3.63) is 93.4 Å². The lowest BCUT2D eigenvalue weighted by Gasteiger charge is -2.08. The van der Waals surface area contributed by atoms with Crippen LogP contribution in [-0.2, 0) is 0 Å². The standard InChI is InChI=1S/C21H13N5O4/c27-20-16-12-22-25(14-7-2-1-3-8-14)19(16)23-21(24-20)30-17-11-10-13-6-4-5-9-15(13)18(17)26(28)29/h1-12H,(H,23,24,27). The Kier molecular flexibility index (Phi) is 3.99. The molecule has 0 amide bonds. The predicted octanol–water partition coefficient (Wildman–Crippen LogP) is 3.96. The van der Waals surface area contributed by atoms with E-state index in [1.165, 1.54) is 16.9 Å². The van der Waals surface area contributed by atoms with Gasteiger partial charge in [0.05, 0.1) is 22.2 Å². The van der Waals surface area contributed by atoms with E-state index in [4.69, 9.17) is 4.74 Å². The molecule has 146 valence electrons. The molecule has 0 aliphatic heterocycles. The fourth-order valence-electron chi connectivity index (χ4n) is 3.31. The van der Waals surface area contributed by atoms with E-state index in [1.807, 2.05) is 30.3 Å². The lowest BCUT2D eigenvalue weighted by atomic mass is 10.1. The van der Waals surface area contributed by atoms with Gasteiger partial charge in [-0.3, -0.25) is 19.9 Å². The molecule has 0 unspecified atom stereocenters. The zero-order valence-electron chi connectivity index (χ0n) is 15.4. The maximum absolute atomic E-state index is 12.5. The molecule has 3 aromatic carbocycles. The highest BCUT2D eigenvalue weighted by Crippen LogP contribution is 2.36. The number of nitrogens with zero attached hydrogens (tertiary/aromatic N) is 4. The number of hydrogen-bond acceptors (Lipinski definition) is 6. The molecule has 0 fully saturated rings. The molecule has 0 bridgehead atoms. The van der Waals surface area contributed by atoms with E-state index in [0.717, 1.165) is 0 Å². The molecule has 0 aliphatic rings. The van der Waals surface area contributed by atoms with E-state index in [9.17, 15) is 14.9 Å². The van der Waals surface area contributed by atoms with Gasteiger partial charge in [0.2, 0.25) is 5.75 Å². The fraction of sp³-hybridized carbons (Fsp3) is 0. The van der Waals surface area contributed by atoms with E-state index in [2.05, 4.69) is 15.1 Å². The summed E-state index contributed by atoms with van der Waals surface area (Å²) < 4.78 is 7.18. The monoisotopic (exact) mass is 399 g/mol. The van der Waals surface area contributed by atoms with E-state index < -0.39 is 10.5 Å². The molecule has 0 aliphatic carbocycles. The van der Waals surface area contributed by atoms with Gasteiger partial charge in [-0.25, -0.2) is 4.68 Å². The van der Waals surface area contributed by atoms with Crippen molar-refractivity contribution in [2.75, 3.05) is 0 Å². The minimum Gasteiger partial charge on any atom is -0.418 e. The first kappa shape index (κ1) is 17.6. The van der Waals surface area contributed by atoms with Gasteiger partial charge in [-0.1, -0.05) is 42.5 Å². The van der Waals surface area contributed by atoms with Gasteiger partial charge in [0.25, 0.3) is 5.56 Å². The van der Waals surface area contributed by atoms with Crippen molar-refractivity contribution >= 4 is 27.5 Å². The molecule has 0 atom stereocenters. The highest BCUT2D eigenvalue weighted by Gasteiger charge is 2.21. The maximum atomic E-state index is 12.5. The molecule has 2 heterocycles. The molecular weight excluding hydrogens is 386 g/mol. The van der Waals surface area contributed by atoms with Crippen molar-refractivity contribution in [2.24, 2.45) is 0 Å². The highest BCUT2D eigenvalue weighted by atomic mass is 16.6. The number of rotatable bonds is 4. The normalized spacial score (nSPS) is 11.1. The first-order valence-electron chi connectivity index (χ1n) is 8.99. The number of ether oxygens (including phenoxy) is 1. The number of hydrogen-bond donors (Lipinski definition) is 1. The Hall–Kier alpha value is -4.53. The van der Waals surface area contributed by atoms with Crippen LogP contribution in [0.4, 0.5) is 5.69 Å². The molecule has 9 heteroatoms. The van der Waals surface area contributed by atoms with Crippen LogP contribution in [0.3, 0.4) is 0 Å². The maximum Gasteiger partial charge on any atom is 0.319 e. The number of nitro benzene ring substituents is 1. The first-order chi connectivity index (χ1) is 14.6. The minimum absolute atomic E-state index is 0.0213. The van der Waals surface area contributed by atoms with Crippen LogP contribution in [0.2, 0.25) is 0 Å². The van der Waals surface area contributed by atoms with E-state index >= 15 is 0 Å². The predicted molar refractivity (Wildman–Crippen MR) is 110 cm³/mol. The smallest absolute Gasteiger partial charge is 0.319 e. The van der Waals surface area contributed by atoms with Gasteiger partial charge in [0.1, 0.15) is 5.39 Å². The average Bonchev–Trinajstić information content (AvgIpc) is 3.18. The molecule has 1 N–H and O–H groups in total. The van der Waals surface area contributed by atoms with Gasteiger partial charge in [-0.15, -0.1) is 0 Å². The third-order valence-electron chi connectivity index (χ3n) is 4.67. The number of nitrogens with one attached hydrogen (secondary N) is 1. The van der Waals surface area contributed by atoms with Crippen LogP contribution >= 0.6 is 0 Å². The summed E-state index contributed by atoms with van der Waals surface area (Å²) in [4.78, 5) is 30.6. The lowest BCUT2D eigenvalue weighted by molar-refractivity contribution is -0.383. The molecule has 5 aromatic rings. The molecule has 0 saturated carbocycles. The Morgan fingerprint density at radius 2 is 1.73 bits per heavy atom. The Morgan fingerprint density at radius 1 is 0.967 bits per heavy atom. The quantitative estimate of drug-likeness (QED) is 0.361. The van der Waals surface area contributed by atoms with Crippen molar-refractivity contribution in [2.45, 2.75) is 0 Å². The van der Waals surface area contributed by atoms with Gasteiger partial charge in [-0.2, -0.15) is 10.1 Å². The van der Waals surface area contributed by atoms with Gasteiger partial charge in [-0.05, 0) is 29.7 Å². The van der Waals surface area contributed by atoms with Crippen LogP contribution in [-0.4, -0.2) is 24.7 Å². The number of benzene rings is 3. The van der Waals surface area contributed by atoms with Crippen molar-refractivity contribution in [1.82, 2.24) is 19.7 Å². The number of para-hydroxylation sites is 1. The van der Waals surface area contributed by atoms with Gasteiger partial charge < -0.3 is 4.74 Å². The zero-order chi connectivity index (χ0) is 20.7. The Balaban J connectivity index is 1.66. The molecule has 30 heavy (non-hydrogen) atoms. The number of H-pyrrole nitrogens is 1. The van der Waals surface area contributed by atoms with Gasteiger partial charge in [0, 0.05) is 0 Å². The van der Waals surface area contributed by atoms with Gasteiger partial charge >= 0.3 is 11.7 Å². The highest BCUT2D eigenvalue weighted by molar-refractivity contribution is 5.93. The molecule has 0 radical (unpaired) electrons. The SMILES string of the molecule is O=c1[nH]c(Oc2ccc3ccccc3c2[N+](=O)[O-])nc2c1cnn2-c1ccccc1. The van der Waals surface area contributed by atoms with Crippen molar-refractivity contribution in [1.29, 1.82) is 0 Å². The summed E-state index contributed by atoms with van der Waals surface area (Å²) in [5.74, 6) is -0.0213. The average molecular weight is 399 g/mol. The summed E-state index contributed by atoms with van der Waals surface area (Å²) in [6.45, 7) is 0. The third-order valence-corrected chi connectivity index (χ3v) is 4.67. The summed E-state index contributed by atoms with van der Waals surface area (Å²) in [7, 11) is 0. The number of nitro groups is 1. The molecule has 0 saturated heterocycles. The largest absolute Gasteiger partial charge is 0.418 e. The molecule has 5 rings (SSSR count). The lowest BCUT2D eigenvalue weighted by Crippen LogP contribution is -2.10. The summed E-state index contributed by atoms with van der Waals surface area (Å²) in [5.41, 5.74) is 0.338.